The third-order valence-corrected chi connectivity index (χ3v) is 4.73. The van der Waals surface area contributed by atoms with E-state index < -0.39 is 17.9 Å². The minimum absolute atomic E-state index is 0.0445. The van der Waals surface area contributed by atoms with Crippen LogP contribution >= 0.6 is 23.2 Å². The van der Waals surface area contributed by atoms with Crippen molar-refractivity contribution < 1.29 is 27.5 Å². The Morgan fingerprint density at radius 1 is 1.17 bits per heavy atom. The van der Waals surface area contributed by atoms with Crippen molar-refractivity contribution in [2.45, 2.75) is 25.6 Å². The fourth-order valence-electron chi connectivity index (χ4n) is 3.05. The zero-order valence-corrected chi connectivity index (χ0v) is 17.4. The lowest BCUT2D eigenvalue weighted by atomic mass is 9.91. The van der Waals surface area contributed by atoms with E-state index in [0.717, 1.165) is 18.2 Å². The molecule has 0 fully saturated rings. The average molecular weight is 461 g/mol. The fraction of sp³-hybridized carbons (Fsp3) is 0.250. The molecule has 30 heavy (non-hydrogen) atoms. The largest absolute Gasteiger partial charge is 0.450 e. The number of halogens is 5. The number of carbonyl (C=O) groups is 1. The van der Waals surface area contributed by atoms with Gasteiger partial charge in [0.2, 0.25) is 5.60 Å². The molecule has 1 heterocycles. The van der Waals surface area contributed by atoms with Gasteiger partial charge in [-0.05, 0) is 61.9 Å². The fourth-order valence-corrected chi connectivity index (χ4v) is 3.58. The summed E-state index contributed by atoms with van der Waals surface area (Å²) in [5.74, 6) is 0. The number of benzene rings is 2. The Labute approximate surface area is 180 Å². The van der Waals surface area contributed by atoms with Crippen molar-refractivity contribution in [3.05, 3.63) is 69.2 Å². The van der Waals surface area contributed by atoms with Gasteiger partial charge in [-0.1, -0.05) is 23.2 Å². The molecule has 1 aliphatic heterocycles. The quantitative estimate of drug-likeness (QED) is 0.569. The van der Waals surface area contributed by atoms with Gasteiger partial charge in [0, 0.05) is 26.9 Å². The maximum atomic E-state index is 14.1. The van der Waals surface area contributed by atoms with Crippen LogP contribution in [-0.2, 0) is 15.2 Å². The average Bonchev–Trinajstić information content (AvgIpc) is 3.07. The molecule has 0 saturated heterocycles. The van der Waals surface area contributed by atoms with Gasteiger partial charge in [0.25, 0.3) is 0 Å². The Morgan fingerprint density at radius 3 is 2.43 bits per heavy atom. The van der Waals surface area contributed by atoms with E-state index in [4.69, 9.17) is 32.8 Å². The van der Waals surface area contributed by atoms with Gasteiger partial charge >= 0.3 is 12.3 Å². The first kappa shape index (κ1) is 22.3. The standard InChI is InChI=1S/C20H17Cl2F3N2O3/c1-3-29-18(28)26-16-5-11(2)4-12(6-16)17-10-19(30-27-17,20(23,24)25)13-7-14(21)9-15(22)8-13/h4-10,27H,3H2,1-2H3,(H,26,28). The van der Waals surface area contributed by atoms with Gasteiger partial charge in [-0.25, -0.2) is 4.79 Å². The maximum Gasteiger partial charge on any atom is 0.428 e. The smallest absolute Gasteiger partial charge is 0.428 e. The summed E-state index contributed by atoms with van der Waals surface area (Å²) < 4.78 is 47.1. The van der Waals surface area contributed by atoms with Crippen molar-refractivity contribution in [1.82, 2.24) is 5.48 Å². The third-order valence-electron chi connectivity index (χ3n) is 4.29. The van der Waals surface area contributed by atoms with Crippen LogP contribution in [0.15, 0.2) is 42.5 Å². The highest BCUT2D eigenvalue weighted by molar-refractivity contribution is 6.34. The molecule has 1 unspecified atom stereocenters. The predicted molar refractivity (Wildman–Crippen MR) is 108 cm³/mol. The van der Waals surface area contributed by atoms with Crippen molar-refractivity contribution in [1.29, 1.82) is 0 Å². The van der Waals surface area contributed by atoms with Crippen LogP contribution < -0.4 is 10.8 Å². The molecule has 5 nitrogen and oxygen atoms in total. The Hall–Kier alpha value is -2.42. The lowest BCUT2D eigenvalue weighted by Gasteiger charge is -2.28. The van der Waals surface area contributed by atoms with E-state index in [1.807, 2.05) is 0 Å². The zero-order chi connectivity index (χ0) is 22.1. The van der Waals surface area contributed by atoms with Gasteiger partial charge in [-0.15, -0.1) is 0 Å². The molecule has 2 aromatic carbocycles. The van der Waals surface area contributed by atoms with Gasteiger partial charge in [0.15, 0.2) is 0 Å². The second kappa shape index (κ2) is 8.37. The van der Waals surface area contributed by atoms with Crippen molar-refractivity contribution in [2.75, 3.05) is 11.9 Å². The molecule has 0 bridgehead atoms. The zero-order valence-electron chi connectivity index (χ0n) is 15.9. The molecular formula is C20H17Cl2F3N2O3. The topological polar surface area (TPSA) is 59.6 Å². The van der Waals surface area contributed by atoms with E-state index in [2.05, 4.69) is 10.8 Å². The predicted octanol–water partition coefficient (Wildman–Crippen LogP) is 6.20. The number of hydrogen-bond acceptors (Lipinski definition) is 4. The van der Waals surface area contributed by atoms with Crippen molar-refractivity contribution in [3.63, 3.8) is 0 Å². The van der Waals surface area contributed by atoms with Gasteiger partial charge in [-0.2, -0.15) is 13.2 Å². The maximum absolute atomic E-state index is 14.1. The summed E-state index contributed by atoms with van der Waals surface area (Å²) in [5, 5.41) is 2.62. The number of hydroxylamine groups is 1. The normalized spacial score (nSPS) is 18.6. The van der Waals surface area contributed by atoms with E-state index in [0.29, 0.717) is 16.8 Å². The first-order chi connectivity index (χ1) is 14.0. The Balaban J connectivity index is 2.05. The molecule has 1 amide bonds. The second-order valence-electron chi connectivity index (χ2n) is 6.59. The van der Waals surface area contributed by atoms with E-state index >= 15 is 0 Å². The number of nitrogens with one attached hydrogen (secondary N) is 2. The highest BCUT2D eigenvalue weighted by atomic mass is 35.5. The van der Waals surface area contributed by atoms with Crippen molar-refractivity contribution in [3.8, 4) is 0 Å². The summed E-state index contributed by atoms with van der Waals surface area (Å²) in [6.45, 7) is 3.58. The SMILES string of the molecule is CCOC(=O)Nc1cc(C)cc(C2=CC(c3cc(Cl)cc(Cl)c3)(C(F)(F)F)ON2)c1. The summed E-state index contributed by atoms with van der Waals surface area (Å²) in [7, 11) is 0. The molecule has 2 N–H and O–H groups in total. The highest BCUT2D eigenvalue weighted by Crippen LogP contribution is 2.48. The van der Waals surface area contributed by atoms with Crippen LogP contribution in [0.1, 0.15) is 23.6 Å². The Bertz CT molecular complexity index is 991. The lowest BCUT2D eigenvalue weighted by molar-refractivity contribution is -0.269. The number of rotatable bonds is 4. The van der Waals surface area contributed by atoms with Gasteiger partial charge in [-0.3, -0.25) is 15.6 Å². The van der Waals surface area contributed by atoms with Crippen molar-refractivity contribution >= 4 is 40.7 Å². The van der Waals surface area contributed by atoms with Crippen molar-refractivity contribution in [2.24, 2.45) is 0 Å². The minimum Gasteiger partial charge on any atom is -0.450 e. The van der Waals surface area contributed by atoms with E-state index in [1.54, 1.807) is 26.0 Å². The van der Waals surface area contributed by atoms with Crippen LogP contribution in [-0.4, -0.2) is 18.9 Å². The van der Waals surface area contributed by atoms with Gasteiger partial charge in [0.05, 0.1) is 12.3 Å². The number of anilines is 1. The summed E-state index contributed by atoms with van der Waals surface area (Å²) in [4.78, 5) is 16.7. The van der Waals surface area contributed by atoms with Crippen LogP contribution in [0.3, 0.4) is 0 Å². The van der Waals surface area contributed by atoms with Crippen LogP contribution in [0.2, 0.25) is 10.0 Å². The molecule has 1 atom stereocenters. The number of alkyl halides is 3. The minimum atomic E-state index is -4.81. The third kappa shape index (κ3) is 4.50. The molecule has 0 aromatic heterocycles. The van der Waals surface area contributed by atoms with Crippen LogP contribution in [0, 0.1) is 6.92 Å². The summed E-state index contributed by atoms with van der Waals surface area (Å²) in [6, 6.07) is 8.43. The summed E-state index contributed by atoms with van der Waals surface area (Å²) in [6.07, 6.45) is -4.57. The van der Waals surface area contributed by atoms with Crippen LogP contribution in [0.5, 0.6) is 0 Å². The van der Waals surface area contributed by atoms with E-state index in [9.17, 15) is 18.0 Å². The first-order valence-electron chi connectivity index (χ1n) is 8.80. The Kier molecular flexibility index (Phi) is 6.21. The molecule has 160 valence electrons. The molecule has 0 saturated carbocycles. The molecule has 3 rings (SSSR count). The first-order valence-corrected chi connectivity index (χ1v) is 9.55. The molecular weight excluding hydrogens is 444 g/mol. The second-order valence-corrected chi connectivity index (χ2v) is 7.46. The molecule has 0 radical (unpaired) electrons. The molecule has 10 heteroatoms. The van der Waals surface area contributed by atoms with Crippen LogP contribution in [0.4, 0.5) is 23.7 Å². The van der Waals surface area contributed by atoms with Gasteiger partial charge in [0.1, 0.15) is 0 Å². The molecule has 0 aliphatic carbocycles. The number of ether oxygens (including phenoxy) is 1. The summed E-state index contributed by atoms with van der Waals surface area (Å²) >= 11 is 11.8. The monoisotopic (exact) mass is 460 g/mol. The molecule has 2 aromatic rings. The Morgan fingerprint density at radius 2 is 1.83 bits per heavy atom. The highest BCUT2D eigenvalue weighted by Gasteiger charge is 2.59. The lowest BCUT2D eigenvalue weighted by Crippen LogP contribution is -2.42. The van der Waals surface area contributed by atoms with E-state index in [1.165, 1.54) is 12.1 Å². The van der Waals surface area contributed by atoms with Gasteiger partial charge < -0.3 is 4.74 Å². The van der Waals surface area contributed by atoms with Crippen LogP contribution in [0.25, 0.3) is 5.70 Å². The number of amides is 1. The number of aryl methyl sites for hydroxylation is 1. The molecule has 0 spiro atoms. The summed E-state index contributed by atoms with van der Waals surface area (Å²) in [5.41, 5.74) is 0.797. The molecule has 1 aliphatic rings. The number of hydrogen-bond donors (Lipinski definition) is 2. The number of carbonyl (C=O) groups excluding carboxylic acids is 1. The van der Waals surface area contributed by atoms with E-state index in [-0.39, 0.29) is 27.9 Å².